The molecule has 1 unspecified atom stereocenters. The van der Waals surface area contributed by atoms with Crippen LogP contribution in [0.1, 0.15) is 36.3 Å². The molecule has 30 heavy (non-hydrogen) atoms. The molecule has 6 heteroatoms. The molecule has 1 fully saturated rings. The second-order valence-electron chi connectivity index (χ2n) is 8.12. The van der Waals surface area contributed by atoms with Gasteiger partial charge in [-0.15, -0.1) is 11.3 Å². The van der Waals surface area contributed by atoms with Gasteiger partial charge in [0.15, 0.2) is 0 Å². The summed E-state index contributed by atoms with van der Waals surface area (Å²) in [6, 6.07) is 14.3. The molecule has 4 nitrogen and oxygen atoms in total. The van der Waals surface area contributed by atoms with E-state index in [1.54, 1.807) is 11.3 Å². The number of unbranched alkanes of at least 4 members (excludes halogenated alkanes) is 1. The summed E-state index contributed by atoms with van der Waals surface area (Å²) in [5.41, 5.74) is 3.54. The average Bonchev–Trinajstić information content (AvgIpc) is 3.38. The number of carbonyl (C=O) groups is 1. The Balaban J connectivity index is 1.15. The van der Waals surface area contributed by atoms with E-state index in [2.05, 4.69) is 40.3 Å². The number of hydrogen-bond donors (Lipinski definition) is 1. The van der Waals surface area contributed by atoms with Gasteiger partial charge >= 0.3 is 0 Å². The van der Waals surface area contributed by atoms with Gasteiger partial charge < -0.3 is 10.2 Å². The Morgan fingerprint density at radius 2 is 2.13 bits per heavy atom. The van der Waals surface area contributed by atoms with Gasteiger partial charge in [0.1, 0.15) is 0 Å². The molecule has 1 aromatic heterocycles. The quantitative estimate of drug-likeness (QED) is 0.462. The van der Waals surface area contributed by atoms with E-state index in [1.807, 2.05) is 24.3 Å². The van der Waals surface area contributed by atoms with Crippen molar-refractivity contribution in [2.24, 2.45) is 5.92 Å². The van der Waals surface area contributed by atoms with Gasteiger partial charge in [-0.1, -0.05) is 29.8 Å². The number of benzene rings is 2. The van der Waals surface area contributed by atoms with Gasteiger partial charge in [0.05, 0.1) is 15.2 Å². The minimum atomic E-state index is 0.164. The van der Waals surface area contributed by atoms with E-state index in [0.29, 0.717) is 12.3 Å². The first-order valence-electron chi connectivity index (χ1n) is 10.7. The van der Waals surface area contributed by atoms with Gasteiger partial charge in [-0.25, -0.2) is 4.98 Å². The maximum atomic E-state index is 12.2. The van der Waals surface area contributed by atoms with E-state index in [4.69, 9.17) is 11.6 Å². The Morgan fingerprint density at radius 3 is 3.00 bits per heavy atom. The highest BCUT2D eigenvalue weighted by Crippen LogP contribution is 2.29. The zero-order chi connectivity index (χ0) is 20.9. The lowest BCUT2D eigenvalue weighted by molar-refractivity contribution is -0.121. The number of amides is 1. The van der Waals surface area contributed by atoms with Gasteiger partial charge in [0.2, 0.25) is 5.91 Å². The summed E-state index contributed by atoms with van der Waals surface area (Å²) in [7, 11) is 0. The lowest BCUT2D eigenvalue weighted by Gasteiger charge is -2.21. The third-order valence-corrected chi connectivity index (χ3v) is 7.10. The molecular formula is C24H28ClN3OS. The molecule has 1 saturated heterocycles. The number of thiazole rings is 1. The van der Waals surface area contributed by atoms with Crippen molar-refractivity contribution < 1.29 is 4.79 Å². The van der Waals surface area contributed by atoms with Crippen molar-refractivity contribution in [1.82, 2.24) is 10.3 Å². The van der Waals surface area contributed by atoms with Crippen molar-refractivity contribution in [2.75, 3.05) is 24.5 Å². The molecule has 0 aliphatic carbocycles. The molecule has 0 bridgehead atoms. The zero-order valence-electron chi connectivity index (χ0n) is 17.4. The van der Waals surface area contributed by atoms with E-state index >= 15 is 0 Å². The fourth-order valence-electron chi connectivity index (χ4n) is 4.08. The largest absolute Gasteiger partial charge is 0.371 e. The van der Waals surface area contributed by atoms with Crippen LogP contribution < -0.4 is 10.2 Å². The van der Waals surface area contributed by atoms with E-state index in [9.17, 15) is 4.79 Å². The summed E-state index contributed by atoms with van der Waals surface area (Å²) in [5, 5.41) is 5.08. The van der Waals surface area contributed by atoms with Crippen LogP contribution in [0.15, 0.2) is 42.5 Å². The SMILES string of the molecule is Cc1ccc(Cl)cc1N1CCC(CNC(=O)CCCCc2nc3ccccc3s2)C1. The van der Waals surface area contributed by atoms with Gasteiger partial charge in [-0.2, -0.15) is 0 Å². The van der Waals surface area contributed by atoms with Crippen LogP contribution in [0.2, 0.25) is 5.02 Å². The molecule has 1 aliphatic heterocycles. The summed E-state index contributed by atoms with van der Waals surface area (Å²) in [5.74, 6) is 0.659. The summed E-state index contributed by atoms with van der Waals surface area (Å²) >= 11 is 7.93. The summed E-state index contributed by atoms with van der Waals surface area (Å²) < 4.78 is 1.24. The predicted molar refractivity (Wildman–Crippen MR) is 127 cm³/mol. The third kappa shape index (κ3) is 5.32. The molecule has 0 saturated carbocycles. The molecule has 3 aromatic rings. The molecule has 1 aliphatic rings. The molecule has 2 heterocycles. The Bertz CT molecular complexity index is 986. The Morgan fingerprint density at radius 1 is 1.27 bits per heavy atom. The Hall–Kier alpha value is -2.11. The lowest BCUT2D eigenvalue weighted by atomic mass is 10.1. The number of hydrogen-bond acceptors (Lipinski definition) is 4. The Labute approximate surface area is 187 Å². The normalized spacial score (nSPS) is 16.3. The number of anilines is 1. The van der Waals surface area contributed by atoms with Crippen LogP contribution in [-0.4, -0.2) is 30.5 Å². The number of carbonyl (C=O) groups excluding carboxylic acids is 1. The Kier molecular flexibility index (Phi) is 6.90. The standard InChI is InChI=1S/C24H28ClN3OS/c1-17-10-11-19(25)14-21(17)28-13-12-18(16-28)15-26-23(29)8-4-5-9-24-27-20-6-2-3-7-22(20)30-24/h2-3,6-7,10-11,14,18H,4-5,8-9,12-13,15-16H2,1H3,(H,26,29). The second-order valence-corrected chi connectivity index (χ2v) is 9.67. The number of nitrogens with one attached hydrogen (secondary N) is 1. The molecule has 1 atom stereocenters. The number of aromatic nitrogens is 1. The van der Waals surface area contributed by atoms with Crippen LogP contribution in [0.4, 0.5) is 5.69 Å². The lowest BCUT2D eigenvalue weighted by Crippen LogP contribution is -2.31. The van der Waals surface area contributed by atoms with Crippen LogP contribution in [0.5, 0.6) is 0 Å². The highest BCUT2D eigenvalue weighted by Gasteiger charge is 2.24. The number of para-hydroxylation sites is 1. The van der Waals surface area contributed by atoms with Crippen LogP contribution in [-0.2, 0) is 11.2 Å². The van der Waals surface area contributed by atoms with Crippen molar-refractivity contribution in [3.63, 3.8) is 0 Å². The predicted octanol–water partition coefficient (Wildman–Crippen LogP) is 5.61. The minimum Gasteiger partial charge on any atom is -0.371 e. The molecule has 4 rings (SSSR count). The van der Waals surface area contributed by atoms with E-state index < -0.39 is 0 Å². The molecule has 158 valence electrons. The van der Waals surface area contributed by atoms with E-state index in [0.717, 1.165) is 55.9 Å². The second kappa shape index (κ2) is 9.80. The summed E-state index contributed by atoms with van der Waals surface area (Å²) in [4.78, 5) is 19.3. The molecule has 1 N–H and O–H groups in total. The van der Waals surface area contributed by atoms with Crippen molar-refractivity contribution >= 4 is 44.7 Å². The van der Waals surface area contributed by atoms with Crippen LogP contribution in [0, 0.1) is 12.8 Å². The highest BCUT2D eigenvalue weighted by molar-refractivity contribution is 7.18. The number of fused-ring (bicyclic) bond motifs is 1. The minimum absolute atomic E-state index is 0.164. The maximum absolute atomic E-state index is 12.2. The highest BCUT2D eigenvalue weighted by atomic mass is 35.5. The fourth-order valence-corrected chi connectivity index (χ4v) is 5.25. The first-order valence-corrected chi connectivity index (χ1v) is 11.9. The van der Waals surface area contributed by atoms with Crippen molar-refractivity contribution in [1.29, 1.82) is 0 Å². The van der Waals surface area contributed by atoms with Gasteiger partial charge in [-0.05, 0) is 68.4 Å². The number of halogens is 1. The van der Waals surface area contributed by atoms with Gasteiger partial charge in [0, 0.05) is 36.8 Å². The first-order chi connectivity index (χ1) is 14.6. The topological polar surface area (TPSA) is 45.2 Å². The molecule has 1 amide bonds. The van der Waals surface area contributed by atoms with Crippen LogP contribution in [0.3, 0.4) is 0 Å². The fraction of sp³-hybridized carbons (Fsp3) is 0.417. The van der Waals surface area contributed by atoms with Crippen LogP contribution >= 0.6 is 22.9 Å². The van der Waals surface area contributed by atoms with E-state index in [1.165, 1.54) is 21.0 Å². The third-order valence-electron chi connectivity index (χ3n) is 5.77. The van der Waals surface area contributed by atoms with E-state index in [-0.39, 0.29) is 5.91 Å². The van der Waals surface area contributed by atoms with Crippen molar-refractivity contribution in [3.8, 4) is 0 Å². The monoisotopic (exact) mass is 441 g/mol. The number of aryl methyl sites for hydroxylation is 2. The maximum Gasteiger partial charge on any atom is 0.220 e. The molecule has 0 spiro atoms. The van der Waals surface area contributed by atoms with Gasteiger partial charge in [-0.3, -0.25) is 4.79 Å². The van der Waals surface area contributed by atoms with Crippen molar-refractivity contribution in [2.45, 2.75) is 39.0 Å². The number of nitrogens with zero attached hydrogens (tertiary/aromatic N) is 2. The van der Waals surface area contributed by atoms with Crippen LogP contribution in [0.25, 0.3) is 10.2 Å². The average molecular weight is 442 g/mol. The first kappa shape index (κ1) is 21.1. The molecular weight excluding hydrogens is 414 g/mol. The zero-order valence-corrected chi connectivity index (χ0v) is 18.9. The molecule has 2 aromatic carbocycles. The smallest absolute Gasteiger partial charge is 0.220 e. The molecule has 0 radical (unpaired) electrons. The summed E-state index contributed by atoms with van der Waals surface area (Å²) in [6.07, 6.45) is 4.54. The van der Waals surface area contributed by atoms with Crippen molar-refractivity contribution in [3.05, 3.63) is 58.1 Å². The van der Waals surface area contributed by atoms with Gasteiger partial charge in [0.25, 0.3) is 0 Å². The summed E-state index contributed by atoms with van der Waals surface area (Å²) in [6.45, 7) is 4.87. The number of rotatable bonds is 8.